The van der Waals surface area contributed by atoms with E-state index in [1.807, 2.05) is 6.08 Å². The Morgan fingerprint density at radius 1 is 1.43 bits per heavy atom. The van der Waals surface area contributed by atoms with Crippen LogP contribution < -0.4 is 0 Å². The molecule has 0 N–H and O–H groups in total. The number of carbonyl (C=O) groups excluding carboxylic acids is 2. The summed E-state index contributed by atoms with van der Waals surface area (Å²) >= 11 is 6.58. The first-order valence-corrected chi connectivity index (χ1v) is 8.25. The van der Waals surface area contributed by atoms with E-state index in [-0.39, 0.29) is 23.7 Å². The Morgan fingerprint density at radius 3 is 2.91 bits per heavy atom. The van der Waals surface area contributed by atoms with E-state index in [1.54, 1.807) is 13.0 Å². The van der Waals surface area contributed by atoms with Crippen molar-refractivity contribution in [3.63, 3.8) is 0 Å². The number of nitrogens with zero attached hydrogens (tertiary/aromatic N) is 1. The van der Waals surface area contributed by atoms with Gasteiger partial charge >= 0.3 is 5.97 Å². The fourth-order valence-electron chi connectivity index (χ4n) is 3.61. The van der Waals surface area contributed by atoms with E-state index >= 15 is 0 Å². The summed E-state index contributed by atoms with van der Waals surface area (Å²) in [4.78, 5) is 26.4. The fourth-order valence-corrected chi connectivity index (χ4v) is 3.95. The first-order chi connectivity index (χ1) is 11.0. The number of halogens is 1. The molecule has 1 saturated heterocycles. The van der Waals surface area contributed by atoms with Crippen LogP contribution in [-0.4, -0.2) is 54.9 Å². The number of allylic oxidation sites excluding steroid dienone is 1. The molecule has 0 radical (unpaired) electrons. The number of rotatable bonds is 3. The molecule has 1 aliphatic carbocycles. The summed E-state index contributed by atoms with van der Waals surface area (Å²) in [5.41, 5.74) is 1.44. The lowest BCUT2D eigenvalue weighted by Gasteiger charge is -2.35. The zero-order chi connectivity index (χ0) is 16.6. The number of ether oxygens (including phenoxy) is 2. The van der Waals surface area contributed by atoms with Crippen LogP contribution in [0.5, 0.6) is 0 Å². The van der Waals surface area contributed by atoms with Gasteiger partial charge in [-0.25, -0.2) is 4.79 Å². The van der Waals surface area contributed by atoms with Crippen LogP contribution in [-0.2, 0) is 19.1 Å². The SMILES string of the molecule is CCOC(=O)C1=CC2CCN3CC(=O)C=C(OC)C(Cl)C(=C1)C23. The molecule has 2 aliphatic heterocycles. The Kier molecular flexibility index (Phi) is 4.60. The number of hydrogen-bond acceptors (Lipinski definition) is 5. The van der Waals surface area contributed by atoms with Gasteiger partial charge in [-0.15, -0.1) is 11.6 Å². The second-order valence-electron chi connectivity index (χ2n) is 5.93. The van der Waals surface area contributed by atoms with Gasteiger partial charge in [0.2, 0.25) is 0 Å². The van der Waals surface area contributed by atoms with E-state index in [9.17, 15) is 9.59 Å². The quantitative estimate of drug-likeness (QED) is 0.581. The van der Waals surface area contributed by atoms with Crippen molar-refractivity contribution in [2.24, 2.45) is 5.92 Å². The predicted octanol–water partition coefficient (Wildman–Crippen LogP) is 1.83. The Labute approximate surface area is 140 Å². The van der Waals surface area contributed by atoms with Crippen molar-refractivity contribution in [2.75, 3.05) is 26.8 Å². The van der Waals surface area contributed by atoms with Crippen LogP contribution in [0.2, 0.25) is 0 Å². The molecule has 0 aromatic rings. The lowest BCUT2D eigenvalue weighted by Crippen LogP contribution is -2.43. The lowest BCUT2D eigenvalue weighted by molar-refractivity contribution is -0.138. The third kappa shape index (κ3) is 2.95. The van der Waals surface area contributed by atoms with Gasteiger partial charge in [-0.05, 0) is 37.5 Å². The maximum absolute atomic E-state index is 12.1. The zero-order valence-electron chi connectivity index (χ0n) is 13.3. The molecule has 0 aromatic carbocycles. The largest absolute Gasteiger partial charge is 0.499 e. The molecule has 3 unspecified atom stereocenters. The molecule has 1 fully saturated rings. The molecule has 5 nitrogen and oxygen atoms in total. The van der Waals surface area contributed by atoms with Gasteiger partial charge in [-0.1, -0.05) is 6.08 Å². The van der Waals surface area contributed by atoms with Gasteiger partial charge in [0, 0.05) is 12.1 Å². The first kappa shape index (κ1) is 16.3. The summed E-state index contributed by atoms with van der Waals surface area (Å²) in [6, 6.07) is 0.0403. The Balaban J connectivity index is 2.02. The van der Waals surface area contributed by atoms with Crippen LogP contribution in [0.3, 0.4) is 0 Å². The van der Waals surface area contributed by atoms with Crippen molar-refractivity contribution in [1.82, 2.24) is 4.90 Å². The van der Waals surface area contributed by atoms with Crippen molar-refractivity contribution < 1.29 is 19.1 Å². The van der Waals surface area contributed by atoms with Gasteiger partial charge in [0.05, 0.1) is 25.8 Å². The number of ketones is 1. The summed E-state index contributed by atoms with van der Waals surface area (Å²) in [6.07, 6.45) is 6.12. The van der Waals surface area contributed by atoms with Gasteiger partial charge in [0.15, 0.2) is 5.78 Å². The molecule has 124 valence electrons. The van der Waals surface area contributed by atoms with E-state index in [4.69, 9.17) is 21.1 Å². The molecular weight excluding hydrogens is 318 g/mol. The average Bonchev–Trinajstić information content (AvgIpc) is 2.93. The van der Waals surface area contributed by atoms with Gasteiger partial charge in [0.1, 0.15) is 11.1 Å². The molecule has 0 amide bonds. The minimum Gasteiger partial charge on any atom is -0.499 e. The van der Waals surface area contributed by atoms with Crippen molar-refractivity contribution in [1.29, 1.82) is 0 Å². The predicted molar refractivity (Wildman–Crippen MR) is 86.0 cm³/mol. The number of hydrogen-bond donors (Lipinski definition) is 0. The summed E-state index contributed by atoms with van der Waals surface area (Å²) < 4.78 is 10.4. The first-order valence-electron chi connectivity index (χ1n) is 7.82. The van der Waals surface area contributed by atoms with Crippen molar-refractivity contribution in [3.05, 3.63) is 35.1 Å². The fraction of sp³-hybridized carbons (Fsp3) is 0.529. The smallest absolute Gasteiger partial charge is 0.337 e. The number of esters is 1. The van der Waals surface area contributed by atoms with Crippen LogP contribution in [0.25, 0.3) is 0 Å². The number of methoxy groups -OCH3 is 1. The summed E-state index contributed by atoms with van der Waals surface area (Å²) in [5.74, 6) is 0.257. The van der Waals surface area contributed by atoms with Crippen LogP contribution in [0, 0.1) is 5.92 Å². The van der Waals surface area contributed by atoms with Gasteiger partial charge in [-0.3, -0.25) is 9.69 Å². The second-order valence-corrected chi connectivity index (χ2v) is 6.37. The summed E-state index contributed by atoms with van der Waals surface area (Å²) in [5, 5.41) is -0.560. The van der Waals surface area contributed by atoms with E-state index in [0.29, 0.717) is 24.5 Å². The van der Waals surface area contributed by atoms with E-state index in [0.717, 1.165) is 18.5 Å². The van der Waals surface area contributed by atoms with Crippen LogP contribution in [0.1, 0.15) is 13.3 Å². The number of alkyl halides is 1. The van der Waals surface area contributed by atoms with Crippen LogP contribution in [0.15, 0.2) is 35.1 Å². The molecule has 0 saturated carbocycles. The Bertz CT molecular complexity index is 622. The minimum atomic E-state index is -0.560. The Hall–Kier alpha value is -1.59. The Morgan fingerprint density at radius 2 is 2.22 bits per heavy atom. The standard InChI is InChI=1S/C17H20ClNO4/c1-3-23-17(21)11-6-10-4-5-19-9-12(20)8-14(22-2)15(18)13(7-11)16(10)19/h6-8,10,15-16H,3-5,9H2,1-2H3. The monoisotopic (exact) mass is 337 g/mol. The summed E-state index contributed by atoms with van der Waals surface area (Å²) in [6.45, 7) is 3.27. The minimum absolute atomic E-state index is 0.00707. The molecule has 0 aromatic heterocycles. The number of carbonyl (C=O) groups is 2. The van der Waals surface area contributed by atoms with Gasteiger partial charge in [0.25, 0.3) is 0 Å². The maximum atomic E-state index is 12.1. The van der Waals surface area contributed by atoms with Crippen LogP contribution >= 0.6 is 11.6 Å². The zero-order valence-corrected chi connectivity index (χ0v) is 14.0. The molecule has 0 spiro atoms. The highest BCUT2D eigenvalue weighted by atomic mass is 35.5. The molecule has 6 heteroatoms. The van der Waals surface area contributed by atoms with E-state index in [2.05, 4.69) is 4.90 Å². The second kappa shape index (κ2) is 6.49. The molecule has 3 aliphatic rings. The van der Waals surface area contributed by atoms with E-state index < -0.39 is 5.38 Å². The molecule has 2 heterocycles. The molecule has 3 atom stereocenters. The topological polar surface area (TPSA) is 55.8 Å². The highest BCUT2D eigenvalue weighted by molar-refractivity contribution is 6.24. The van der Waals surface area contributed by atoms with Gasteiger partial charge < -0.3 is 9.47 Å². The van der Waals surface area contributed by atoms with Crippen molar-refractivity contribution >= 4 is 23.4 Å². The molecular formula is C17H20ClNO4. The normalized spacial score (nSPS) is 30.5. The lowest BCUT2D eigenvalue weighted by atomic mass is 9.83. The maximum Gasteiger partial charge on any atom is 0.337 e. The van der Waals surface area contributed by atoms with Gasteiger partial charge in [-0.2, -0.15) is 0 Å². The third-order valence-corrected chi connectivity index (χ3v) is 5.02. The molecule has 3 rings (SSSR count). The van der Waals surface area contributed by atoms with Crippen molar-refractivity contribution in [2.45, 2.75) is 24.8 Å². The third-order valence-electron chi connectivity index (χ3n) is 4.56. The average molecular weight is 338 g/mol. The molecule has 0 bridgehead atoms. The highest BCUT2D eigenvalue weighted by Crippen LogP contribution is 2.40. The highest BCUT2D eigenvalue weighted by Gasteiger charge is 2.43. The molecule has 23 heavy (non-hydrogen) atoms. The van der Waals surface area contributed by atoms with Crippen LogP contribution in [0.4, 0.5) is 0 Å². The summed E-state index contributed by atoms with van der Waals surface area (Å²) in [7, 11) is 1.51. The van der Waals surface area contributed by atoms with Crippen molar-refractivity contribution in [3.8, 4) is 0 Å². The van der Waals surface area contributed by atoms with E-state index in [1.165, 1.54) is 13.2 Å².